The number of oxime groups is 1. The molecule has 0 aromatic heterocycles. The summed E-state index contributed by atoms with van der Waals surface area (Å²) in [4.78, 5) is 37.8. The van der Waals surface area contributed by atoms with Gasteiger partial charge < -0.3 is 25.8 Å². The summed E-state index contributed by atoms with van der Waals surface area (Å²) in [6.07, 6.45) is -5.72. The molecule has 2 aromatic carbocycles. The number of hydrogen-bond donors (Lipinski definition) is 3. The van der Waals surface area contributed by atoms with Crippen LogP contribution in [0.25, 0.3) is 0 Å². The quantitative estimate of drug-likeness (QED) is 0.0563. The van der Waals surface area contributed by atoms with Gasteiger partial charge in [0, 0.05) is 12.5 Å². The van der Waals surface area contributed by atoms with Crippen LogP contribution in [0.15, 0.2) is 52.5 Å². The zero-order chi connectivity index (χ0) is 30.1. The molecule has 19 heteroatoms. The van der Waals surface area contributed by atoms with Crippen molar-refractivity contribution in [3.8, 4) is 5.75 Å². The lowest BCUT2D eigenvalue weighted by atomic mass is 10.1. The molecule has 5 N–H and O–H groups in total. The average Bonchev–Trinajstić information content (AvgIpc) is 2.85. The number of esters is 2. The van der Waals surface area contributed by atoms with E-state index < -0.39 is 56.1 Å². The second-order valence-corrected chi connectivity index (χ2v) is 9.77. The van der Waals surface area contributed by atoms with Gasteiger partial charge in [-0.3, -0.25) is 10.1 Å². The molecular weight excluding hydrogens is 591 g/mol. The van der Waals surface area contributed by atoms with E-state index in [2.05, 4.69) is 9.89 Å². The molecule has 0 heterocycles. The van der Waals surface area contributed by atoms with Gasteiger partial charge in [0.05, 0.1) is 16.4 Å². The standard InChI is InChI=1S/C21H21ClF3N5O9S/c22-15-7-6-14(11-17(15)30(33)34)40(35,36)29-16(18(31)39-19(32)21(23,24)25)10-12-2-4-13(5-3-12)37-8-1-9-38-28-20(26)27/h2-7,11,16,29H,1,8-10H2,(H4,26,27,28)/t16-/m0/s1. The lowest BCUT2D eigenvalue weighted by Gasteiger charge is -2.18. The van der Waals surface area contributed by atoms with E-state index in [0.717, 1.165) is 12.1 Å². The van der Waals surface area contributed by atoms with E-state index in [4.69, 9.17) is 32.6 Å². The van der Waals surface area contributed by atoms with Gasteiger partial charge in [0.25, 0.3) is 5.69 Å². The maximum Gasteiger partial charge on any atom is 0.491 e. The van der Waals surface area contributed by atoms with Gasteiger partial charge in [-0.15, -0.1) is 0 Å². The minimum atomic E-state index is -5.54. The van der Waals surface area contributed by atoms with Crippen molar-refractivity contribution in [3.05, 3.63) is 63.2 Å². The van der Waals surface area contributed by atoms with Crippen molar-refractivity contribution in [2.75, 3.05) is 13.2 Å². The molecule has 0 spiro atoms. The minimum absolute atomic E-state index is 0.146. The van der Waals surface area contributed by atoms with Crippen molar-refractivity contribution in [1.29, 1.82) is 0 Å². The number of nitrogens with one attached hydrogen (secondary N) is 1. The number of ether oxygens (including phenoxy) is 2. The molecular formula is C21H21ClF3N5O9S. The number of sulfonamides is 1. The summed E-state index contributed by atoms with van der Waals surface area (Å²) in [5, 5.41) is 14.0. The summed E-state index contributed by atoms with van der Waals surface area (Å²) in [6, 6.07) is 5.90. The number of nitro groups is 1. The number of guanidine groups is 1. The van der Waals surface area contributed by atoms with E-state index in [0.29, 0.717) is 18.2 Å². The van der Waals surface area contributed by atoms with Crippen molar-refractivity contribution in [2.24, 2.45) is 16.6 Å². The summed E-state index contributed by atoms with van der Waals surface area (Å²) >= 11 is 5.68. The molecule has 1 atom stereocenters. The lowest BCUT2D eigenvalue weighted by molar-refractivity contribution is -0.384. The molecule has 14 nitrogen and oxygen atoms in total. The molecule has 0 aliphatic rings. The largest absolute Gasteiger partial charge is 0.493 e. The van der Waals surface area contributed by atoms with Crippen LogP contribution in [0.3, 0.4) is 0 Å². The van der Waals surface area contributed by atoms with Crippen LogP contribution in [0.5, 0.6) is 5.75 Å². The molecule has 0 aliphatic heterocycles. The molecule has 2 aromatic rings. The first-order chi connectivity index (χ1) is 18.6. The number of alkyl halides is 3. The highest BCUT2D eigenvalue weighted by Gasteiger charge is 2.44. The van der Waals surface area contributed by atoms with Gasteiger partial charge in [0.2, 0.25) is 16.0 Å². The Morgan fingerprint density at radius 3 is 2.35 bits per heavy atom. The van der Waals surface area contributed by atoms with Crippen molar-refractivity contribution in [2.45, 2.75) is 30.0 Å². The molecule has 0 saturated heterocycles. The number of hydrogen-bond acceptors (Lipinski definition) is 10. The Kier molecular flexibility index (Phi) is 11.0. The number of nitrogens with two attached hydrogens (primary N) is 2. The number of nitrogens with zero attached hydrogens (tertiary/aromatic N) is 2. The SMILES string of the molecule is NC(N)=NOCCCOc1ccc(C[C@H](NS(=O)(=O)c2ccc(Cl)c([N+](=O)[O-])c2)C(=O)OC(=O)C(F)(F)F)cc1. The monoisotopic (exact) mass is 611 g/mol. The molecule has 40 heavy (non-hydrogen) atoms. The first kappa shape index (κ1) is 32.1. The van der Waals surface area contributed by atoms with Crippen molar-refractivity contribution < 1.29 is 50.4 Å². The van der Waals surface area contributed by atoms with Crippen LogP contribution in [0.2, 0.25) is 5.02 Å². The van der Waals surface area contributed by atoms with E-state index in [1.807, 2.05) is 4.72 Å². The summed E-state index contributed by atoms with van der Waals surface area (Å²) in [5.74, 6) is -4.64. The Morgan fingerprint density at radius 1 is 1.12 bits per heavy atom. The van der Waals surface area contributed by atoms with E-state index in [9.17, 15) is 41.3 Å². The van der Waals surface area contributed by atoms with Crippen LogP contribution >= 0.6 is 11.6 Å². The number of rotatable bonds is 13. The van der Waals surface area contributed by atoms with Gasteiger partial charge in [-0.05, 0) is 41.4 Å². The molecule has 0 bridgehead atoms. The van der Waals surface area contributed by atoms with Crippen LogP contribution in [0.1, 0.15) is 12.0 Å². The third-order valence-electron chi connectivity index (χ3n) is 4.61. The van der Waals surface area contributed by atoms with E-state index >= 15 is 0 Å². The van der Waals surface area contributed by atoms with Gasteiger partial charge in [-0.1, -0.05) is 23.7 Å². The van der Waals surface area contributed by atoms with Gasteiger partial charge in [0.15, 0.2) is 0 Å². The van der Waals surface area contributed by atoms with Crippen LogP contribution in [-0.2, 0) is 35.6 Å². The van der Waals surface area contributed by atoms with Crippen molar-refractivity contribution in [1.82, 2.24) is 4.72 Å². The Morgan fingerprint density at radius 2 is 1.77 bits per heavy atom. The zero-order valence-electron chi connectivity index (χ0n) is 20.1. The average molecular weight is 612 g/mol. The van der Waals surface area contributed by atoms with Gasteiger partial charge in [-0.25, -0.2) is 18.0 Å². The Labute approximate surface area is 229 Å². The van der Waals surface area contributed by atoms with Crippen LogP contribution < -0.4 is 20.9 Å². The van der Waals surface area contributed by atoms with Gasteiger partial charge in [0.1, 0.15) is 23.4 Å². The van der Waals surface area contributed by atoms with Crippen molar-refractivity contribution >= 4 is 45.2 Å². The van der Waals surface area contributed by atoms with E-state index in [1.165, 1.54) is 24.3 Å². The maximum atomic E-state index is 12.8. The summed E-state index contributed by atoms with van der Waals surface area (Å²) < 4.78 is 74.7. The highest BCUT2D eigenvalue weighted by molar-refractivity contribution is 7.89. The molecule has 2 rings (SSSR count). The molecule has 0 saturated carbocycles. The highest BCUT2D eigenvalue weighted by Crippen LogP contribution is 2.27. The normalized spacial score (nSPS) is 12.2. The molecule has 0 amide bonds. The fourth-order valence-electron chi connectivity index (χ4n) is 2.84. The predicted octanol–water partition coefficient (Wildman–Crippen LogP) is 1.74. The molecule has 0 fully saturated rings. The van der Waals surface area contributed by atoms with E-state index in [1.54, 1.807) is 0 Å². The van der Waals surface area contributed by atoms with Crippen molar-refractivity contribution in [3.63, 3.8) is 0 Å². The minimum Gasteiger partial charge on any atom is -0.493 e. The summed E-state index contributed by atoms with van der Waals surface area (Å²) in [5.41, 5.74) is 9.64. The molecule has 218 valence electrons. The van der Waals surface area contributed by atoms with Crippen LogP contribution in [0, 0.1) is 10.1 Å². The number of halogens is 4. The highest BCUT2D eigenvalue weighted by atomic mass is 35.5. The Balaban J connectivity index is 2.21. The fourth-order valence-corrected chi connectivity index (χ4v) is 4.23. The summed E-state index contributed by atoms with van der Waals surface area (Å²) in [7, 11) is -4.77. The number of benzene rings is 2. The fraction of sp³-hybridized carbons (Fsp3) is 0.286. The third kappa shape index (κ3) is 9.86. The van der Waals surface area contributed by atoms with Crippen LogP contribution in [0.4, 0.5) is 18.9 Å². The Bertz CT molecular complexity index is 1370. The molecule has 0 aliphatic carbocycles. The number of nitro benzene ring substituents is 1. The lowest BCUT2D eigenvalue weighted by Crippen LogP contribution is -2.45. The first-order valence-corrected chi connectivity index (χ1v) is 12.7. The maximum absolute atomic E-state index is 12.8. The number of carbonyl (C=O) groups excluding carboxylic acids is 2. The van der Waals surface area contributed by atoms with Gasteiger partial charge in [-0.2, -0.15) is 17.9 Å². The molecule has 0 radical (unpaired) electrons. The third-order valence-corrected chi connectivity index (χ3v) is 6.40. The zero-order valence-corrected chi connectivity index (χ0v) is 21.7. The Hall–Kier alpha value is -4.16. The second-order valence-electron chi connectivity index (χ2n) is 7.65. The second kappa shape index (κ2) is 13.8. The predicted molar refractivity (Wildman–Crippen MR) is 131 cm³/mol. The topological polar surface area (TPSA) is 216 Å². The molecule has 0 unspecified atom stereocenters. The smallest absolute Gasteiger partial charge is 0.491 e. The first-order valence-electron chi connectivity index (χ1n) is 10.8. The van der Waals surface area contributed by atoms with Crippen LogP contribution in [-0.4, -0.2) is 56.7 Å². The summed E-state index contributed by atoms with van der Waals surface area (Å²) in [6.45, 7) is 0.328. The van der Waals surface area contributed by atoms with E-state index in [-0.39, 0.29) is 29.8 Å². The van der Waals surface area contributed by atoms with Gasteiger partial charge >= 0.3 is 18.1 Å². The number of carbonyl (C=O) groups is 2.